The second kappa shape index (κ2) is 8.73. The van der Waals surface area contributed by atoms with Crippen molar-refractivity contribution in [2.45, 2.75) is 44.6 Å². The zero-order chi connectivity index (χ0) is 20.1. The van der Waals surface area contributed by atoms with E-state index in [1.54, 1.807) is 29.2 Å². The SMILES string of the molecule is O=C1CC[C@H](CCNCc2ccccc2F)N1Cc1cccc(C(F)(F)F)c1. The molecular formula is C21H22F4N2O. The molecule has 0 aliphatic carbocycles. The van der Waals surface area contributed by atoms with Gasteiger partial charge in [0.05, 0.1) is 5.56 Å². The summed E-state index contributed by atoms with van der Waals surface area (Å²) in [6.45, 7) is 1.15. The molecule has 0 saturated carbocycles. The normalized spacial score (nSPS) is 17.4. The summed E-state index contributed by atoms with van der Waals surface area (Å²) in [5, 5.41) is 3.17. The highest BCUT2D eigenvalue weighted by molar-refractivity contribution is 5.78. The Hall–Kier alpha value is -2.41. The number of hydrogen-bond donors (Lipinski definition) is 1. The summed E-state index contributed by atoms with van der Waals surface area (Å²) in [7, 11) is 0. The first kappa shape index (κ1) is 20.3. The van der Waals surface area contributed by atoms with Crippen molar-refractivity contribution in [2.75, 3.05) is 6.54 Å². The number of nitrogens with zero attached hydrogens (tertiary/aromatic N) is 1. The van der Waals surface area contributed by atoms with Gasteiger partial charge in [0.25, 0.3) is 0 Å². The topological polar surface area (TPSA) is 32.3 Å². The second-order valence-electron chi connectivity index (χ2n) is 6.97. The lowest BCUT2D eigenvalue weighted by molar-refractivity contribution is -0.137. The Morgan fingerprint density at radius 2 is 1.89 bits per heavy atom. The minimum absolute atomic E-state index is 0.0323. The van der Waals surface area contributed by atoms with Crippen LogP contribution in [-0.4, -0.2) is 23.4 Å². The van der Waals surface area contributed by atoms with Crippen LogP contribution in [-0.2, 0) is 24.1 Å². The third-order valence-corrected chi connectivity index (χ3v) is 4.99. The maximum atomic E-state index is 13.6. The fraction of sp³-hybridized carbons (Fsp3) is 0.381. The molecule has 1 saturated heterocycles. The molecule has 0 spiro atoms. The molecule has 0 aromatic heterocycles. The molecule has 1 atom stereocenters. The molecule has 3 rings (SSSR count). The van der Waals surface area contributed by atoms with Crippen LogP contribution in [0.3, 0.4) is 0 Å². The van der Waals surface area contributed by atoms with Crippen molar-refractivity contribution in [2.24, 2.45) is 0 Å². The zero-order valence-electron chi connectivity index (χ0n) is 15.3. The van der Waals surface area contributed by atoms with Gasteiger partial charge in [0, 0.05) is 31.1 Å². The highest BCUT2D eigenvalue weighted by atomic mass is 19.4. The van der Waals surface area contributed by atoms with Crippen molar-refractivity contribution < 1.29 is 22.4 Å². The number of amides is 1. The van der Waals surface area contributed by atoms with Gasteiger partial charge in [-0.15, -0.1) is 0 Å². The minimum atomic E-state index is -4.40. The molecule has 1 N–H and O–H groups in total. The van der Waals surface area contributed by atoms with E-state index in [-0.39, 0.29) is 24.3 Å². The summed E-state index contributed by atoms with van der Waals surface area (Å²) in [6.07, 6.45) is -2.66. The number of carbonyl (C=O) groups is 1. The number of likely N-dealkylation sites (tertiary alicyclic amines) is 1. The standard InChI is InChI=1S/C21H22F4N2O/c22-19-7-2-1-5-16(19)13-26-11-10-18-8-9-20(28)27(18)14-15-4-3-6-17(12-15)21(23,24)25/h1-7,12,18,26H,8-11,13-14H2/t18-/m1/s1. The van der Waals surface area contributed by atoms with Crippen molar-refractivity contribution in [3.63, 3.8) is 0 Å². The Morgan fingerprint density at radius 3 is 2.64 bits per heavy atom. The van der Waals surface area contributed by atoms with Gasteiger partial charge in [0.1, 0.15) is 5.82 Å². The molecule has 0 bridgehead atoms. The molecule has 1 fully saturated rings. The molecule has 7 heteroatoms. The molecule has 28 heavy (non-hydrogen) atoms. The summed E-state index contributed by atoms with van der Waals surface area (Å²) >= 11 is 0. The number of hydrogen-bond acceptors (Lipinski definition) is 2. The number of halogens is 4. The molecule has 1 aliphatic heterocycles. The van der Waals surface area contributed by atoms with Crippen molar-refractivity contribution in [1.29, 1.82) is 0 Å². The van der Waals surface area contributed by atoms with Crippen LogP contribution < -0.4 is 5.32 Å². The Bertz CT molecular complexity index is 822. The molecular weight excluding hydrogens is 372 g/mol. The monoisotopic (exact) mass is 394 g/mol. The molecule has 150 valence electrons. The Balaban J connectivity index is 1.55. The van der Waals surface area contributed by atoms with E-state index in [9.17, 15) is 22.4 Å². The number of nitrogens with one attached hydrogen (secondary N) is 1. The van der Waals surface area contributed by atoms with Crippen LogP contribution in [0, 0.1) is 5.82 Å². The number of alkyl halides is 3. The van der Waals surface area contributed by atoms with E-state index < -0.39 is 11.7 Å². The minimum Gasteiger partial charge on any atom is -0.335 e. The molecule has 1 heterocycles. The predicted octanol–water partition coefficient (Wildman–Crippen LogP) is 4.52. The number of carbonyl (C=O) groups excluding carboxylic acids is 1. The van der Waals surface area contributed by atoms with Crippen molar-refractivity contribution >= 4 is 5.91 Å². The van der Waals surface area contributed by atoms with Gasteiger partial charge in [-0.25, -0.2) is 4.39 Å². The van der Waals surface area contributed by atoms with Crippen LogP contribution in [0.5, 0.6) is 0 Å². The average molecular weight is 394 g/mol. The first-order valence-corrected chi connectivity index (χ1v) is 9.24. The van der Waals surface area contributed by atoms with Gasteiger partial charge in [0.2, 0.25) is 5.91 Å². The summed E-state index contributed by atoms with van der Waals surface area (Å²) in [5.74, 6) is -0.311. The van der Waals surface area contributed by atoms with Crippen LogP contribution in [0.2, 0.25) is 0 Å². The summed E-state index contributed by atoms with van der Waals surface area (Å²) < 4.78 is 52.3. The smallest absolute Gasteiger partial charge is 0.335 e. The van der Waals surface area contributed by atoms with Crippen molar-refractivity contribution in [3.05, 3.63) is 71.0 Å². The zero-order valence-corrected chi connectivity index (χ0v) is 15.3. The predicted molar refractivity (Wildman–Crippen MR) is 97.7 cm³/mol. The first-order chi connectivity index (χ1) is 13.3. The number of rotatable bonds is 7. The van der Waals surface area contributed by atoms with Crippen LogP contribution in [0.15, 0.2) is 48.5 Å². The Kier molecular flexibility index (Phi) is 6.34. The third-order valence-electron chi connectivity index (χ3n) is 4.99. The highest BCUT2D eigenvalue weighted by Crippen LogP contribution is 2.30. The molecule has 1 aliphatic rings. The fourth-order valence-corrected chi connectivity index (χ4v) is 3.49. The van der Waals surface area contributed by atoms with E-state index in [0.717, 1.165) is 12.1 Å². The fourth-order valence-electron chi connectivity index (χ4n) is 3.49. The molecule has 0 unspecified atom stereocenters. The van der Waals surface area contributed by atoms with Crippen molar-refractivity contribution in [3.8, 4) is 0 Å². The Morgan fingerprint density at radius 1 is 1.11 bits per heavy atom. The molecule has 3 nitrogen and oxygen atoms in total. The van der Waals surface area contributed by atoms with Crippen LogP contribution >= 0.6 is 0 Å². The van der Waals surface area contributed by atoms with E-state index in [4.69, 9.17) is 0 Å². The molecule has 2 aromatic carbocycles. The molecule has 1 amide bonds. The summed E-state index contributed by atoms with van der Waals surface area (Å²) in [5.41, 5.74) is 0.333. The van der Waals surface area contributed by atoms with E-state index >= 15 is 0 Å². The Labute approximate surface area is 161 Å². The molecule has 2 aromatic rings. The van der Waals surface area contributed by atoms with Crippen molar-refractivity contribution in [1.82, 2.24) is 10.2 Å². The van der Waals surface area contributed by atoms with Gasteiger partial charge >= 0.3 is 6.18 Å². The van der Waals surface area contributed by atoms with Gasteiger partial charge in [-0.05, 0) is 43.1 Å². The second-order valence-corrected chi connectivity index (χ2v) is 6.97. The van der Waals surface area contributed by atoms with E-state index in [0.29, 0.717) is 43.5 Å². The van der Waals surface area contributed by atoms with Crippen LogP contribution in [0.1, 0.15) is 36.0 Å². The van der Waals surface area contributed by atoms with Gasteiger partial charge in [-0.2, -0.15) is 13.2 Å². The molecule has 0 radical (unpaired) electrons. The number of benzene rings is 2. The maximum Gasteiger partial charge on any atom is 0.416 e. The maximum absolute atomic E-state index is 13.6. The van der Waals surface area contributed by atoms with Gasteiger partial charge < -0.3 is 10.2 Å². The summed E-state index contributed by atoms with van der Waals surface area (Å²) in [4.78, 5) is 13.9. The first-order valence-electron chi connectivity index (χ1n) is 9.24. The van der Waals surface area contributed by atoms with E-state index in [2.05, 4.69) is 5.32 Å². The van der Waals surface area contributed by atoms with Crippen LogP contribution in [0.4, 0.5) is 17.6 Å². The lowest BCUT2D eigenvalue weighted by Crippen LogP contribution is -2.34. The third kappa shape index (κ3) is 5.10. The largest absolute Gasteiger partial charge is 0.416 e. The lowest BCUT2D eigenvalue weighted by atomic mass is 10.1. The average Bonchev–Trinajstić information content (AvgIpc) is 3.00. The van der Waals surface area contributed by atoms with Gasteiger partial charge in [-0.3, -0.25) is 4.79 Å². The van der Waals surface area contributed by atoms with E-state index in [1.165, 1.54) is 12.1 Å². The van der Waals surface area contributed by atoms with Gasteiger partial charge in [-0.1, -0.05) is 30.3 Å². The van der Waals surface area contributed by atoms with Gasteiger partial charge in [0.15, 0.2) is 0 Å². The quantitative estimate of drug-likeness (QED) is 0.553. The lowest BCUT2D eigenvalue weighted by Gasteiger charge is -2.25. The highest BCUT2D eigenvalue weighted by Gasteiger charge is 2.32. The van der Waals surface area contributed by atoms with Crippen LogP contribution in [0.25, 0.3) is 0 Å². The summed E-state index contributed by atoms with van der Waals surface area (Å²) in [6, 6.07) is 11.6. The van der Waals surface area contributed by atoms with E-state index in [1.807, 2.05) is 0 Å².